The number of rotatable bonds is 4. The van der Waals surface area contributed by atoms with E-state index in [1.54, 1.807) is 16.0 Å². The van der Waals surface area contributed by atoms with Crippen molar-refractivity contribution < 1.29 is 9.53 Å². The lowest BCUT2D eigenvalue weighted by Crippen LogP contribution is -2.25. The highest BCUT2D eigenvalue weighted by atomic mass is 32.1. The summed E-state index contributed by atoms with van der Waals surface area (Å²) in [5.41, 5.74) is 4.81. The second-order valence-electron chi connectivity index (χ2n) is 6.17. The number of benzene rings is 1. The van der Waals surface area contributed by atoms with Crippen molar-refractivity contribution in [3.8, 4) is 16.9 Å². The van der Waals surface area contributed by atoms with Gasteiger partial charge in [-0.2, -0.15) is 5.10 Å². The van der Waals surface area contributed by atoms with E-state index in [0.29, 0.717) is 13.0 Å². The molecule has 124 valence electrons. The van der Waals surface area contributed by atoms with Crippen molar-refractivity contribution in [1.29, 1.82) is 0 Å². The van der Waals surface area contributed by atoms with Crippen LogP contribution in [0.15, 0.2) is 30.0 Å². The smallest absolute Gasteiger partial charge is 0.220 e. The van der Waals surface area contributed by atoms with E-state index in [2.05, 4.69) is 21.5 Å². The van der Waals surface area contributed by atoms with Gasteiger partial charge in [0.1, 0.15) is 11.9 Å². The topological polar surface area (TPSA) is 69.0 Å². The lowest BCUT2D eigenvalue weighted by molar-refractivity contribution is -0.119. The lowest BCUT2D eigenvalue weighted by Gasteiger charge is -2.20. The maximum atomic E-state index is 11.4. The highest BCUT2D eigenvalue weighted by Crippen LogP contribution is 2.36. The van der Waals surface area contributed by atoms with Gasteiger partial charge in [0.05, 0.1) is 21.9 Å². The molecule has 3 heterocycles. The number of nitrogens with one attached hydrogen (secondary N) is 1. The van der Waals surface area contributed by atoms with E-state index in [1.165, 1.54) is 0 Å². The molecule has 1 fully saturated rings. The van der Waals surface area contributed by atoms with E-state index in [1.807, 2.05) is 37.9 Å². The van der Waals surface area contributed by atoms with Gasteiger partial charge in [0.25, 0.3) is 0 Å². The quantitative estimate of drug-likeness (QED) is 0.791. The molecule has 1 aliphatic heterocycles. The maximum absolute atomic E-state index is 11.4. The molecule has 0 saturated carbocycles. The Kier molecular flexibility index (Phi) is 3.72. The molecule has 1 saturated heterocycles. The van der Waals surface area contributed by atoms with Crippen molar-refractivity contribution in [1.82, 2.24) is 20.1 Å². The first-order valence-electron chi connectivity index (χ1n) is 7.90. The number of hydrogen-bond donors (Lipinski definition) is 1. The molecule has 0 spiro atoms. The van der Waals surface area contributed by atoms with Crippen LogP contribution in [0.3, 0.4) is 0 Å². The third-order valence-electron chi connectivity index (χ3n) is 4.42. The first kappa shape index (κ1) is 15.1. The third-order valence-corrected chi connectivity index (χ3v) is 5.28. The molecular weight excluding hydrogens is 324 g/mol. The average molecular weight is 342 g/mol. The Hall–Kier alpha value is -2.41. The van der Waals surface area contributed by atoms with E-state index < -0.39 is 0 Å². The fraction of sp³-hybridized carbons (Fsp3) is 0.353. The van der Waals surface area contributed by atoms with Crippen LogP contribution < -0.4 is 10.1 Å². The first-order valence-corrected chi connectivity index (χ1v) is 8.78. The van der Waals surface area contributed by atoms with Gasteiger partial charge in [-0.05, 0) is 24.6 Å². The summed E-state index contributed by atoms with van der Waals surface area (Å²) < 4.78 is 9.05. The van der Waals surface area contributed by atoms with Crippen molar-refractivity contribution in [2.24, 2.45) is 13.0 Å². The Morgan fingerprint density at radius 2 is 2.29 bits per heavy atom. The highest BCUT2D eigenvalue weighted by Gasteiger charge is 2.28. The summed E-state index contributed by atoms with van der Waals surface area (Å²) >= 11 is 1.57. The predicted octanol–water partition coefficient (Wildman–Crippen LogP) is 2.60. The van der Waals surface area contributed by atoms with Crippen molar-refractivity contribution in [3.63, 3.8) is 0 Å². The molecule has 0 unspecified atom stereocenters. The van der Waals surface area contributed by atoms with Crippen molar-refractivity contribution in [2.45, 2.75) is 19.4 Å². The van der Waals surface area contributed by atoms with Gasteiger partial charge in [0, 0.05) is 37.7 Å². The molecule has 7 heteroatoms. The zero-order chi connectivity index (χ0) is 16.7. The summed E-state index contributed by atoms with van der Waals surface area (Å²) in [6, 6.07) is 4.10. The number of nitrogens with zero attached hydrogens (tertiary/aromatic N) is 3. The molecule has 0 aliphatic carbocycles. The number of aromatic nitrogens is 3. The second kappa shape index (κ2) is 5.90. The first-order chi connectivity index (χ1) is 11.6. The summed E-state index contributed by atoms with van der Waals surface area (Å²) in [6.07, 6.45) is 4.29. The number of aryl methyl sites for hydroxylation is 1. The second-order valence-corrected chi connectivity index (χ2v) is 7.02. The fourth-order valence-electron chi connectivity index (χ4n) is 3.02. The molecule has 1 amide bonds. The molecule has 4 rings (SSSR count). The van der Waals surface area contributed by atoms with Crippen LogP contribution in [0.4, 0.5) is 0 Å². The van der Waals surface area contributed by atoms with Crippen molar-refractivity contribution in [2.75, 3.05) is 6.54 Å². The van der Waals surface area contributed by atoms with Gasteiger partial charge in [0.15, 0.2) is 0 Å². The van der Waals surface area contributed by atoms with E-state index >= 15 is 0 Å². The highest BCUT2D eigenvalue weighted by molar-refractivity contribution is 7.17. The van der Waals surface area contributed by atoms with Gasteiger partial charge in [0.2, 0.25) is 5.91 Å². The Morgan fingerprint density at radius 1 is 1.42 bits per heavy atom. The molecule has 24 heavy (non-hydrogen) atoms. The maximum Gasteiger partial charge on any atom is 0.220 e. The Labute approximate surface area is 143 Å². The van der Waals surface area contributed by atoms with Crippen LogP contribution in [0.1, 0.15) is 13.3 Å². The predicted molar refractivity (Wildman–Crippen MR) is 93.0 cm³/mol. The minimum Gasteiger partial charge on any atom is -0.489 e. The minimum atomic E-state index is -0.0431. The Balaban J connectivity index is 1.68. The average Bonchev–Trinajstić information content (AvgIpc) is 3.27. The number of fused-ring (bicyclic) bond motifs is 1. The normalized spacial score (nSPS) is 18.8. The Morgan fingerprint density at radius 3 is 3.00 bits per heavy atom. The summed E-state index contributed by atoms with van der Waals surface area (Å²) in [6.45, 7) is 2.70. The van der Waals surface area contributed by atoms with Gasteiger partial charge in [-0.15, -0.1) is 11.3 Å². The summed E-state index contributed by atoms with van der Waals surface area (Å²) in [5.74, 6) is 1.12. The monoisotopic (exact) mass is 342 g/mol. The minimum absolute atomic E-state index is 0.0431. The molecule has 0 radical (unpaired) electrons. The summed E-state index contributed by atoms with van der Waals surface area (Å²) in [7, 11) is 1.90. The van der Waals surface area contributed by atoms with Crippen molar-refractivity contribution >= 4 is 27.5 Å². The molecule has 6 nitrogen and oxygen atoms in total. The van der Waals surface area contributed by atoms with Crippen LogP contribution in [0.5, 0.6) is 5.75 Å². The van der Waals surface area contributed by atoms with E-state index in [9.17, 15) is 4.79 Å². The number of carbonyl (C=O) groups is 1. The molecule has 0 bridgehead atoms. The lowest BCUT2D eigenvalue weighted by atomic mass is 10.0. The molecule has 1 aliphatic rings. The van der Waals surface area contributed by atoms with Gasteiger partial charge in [-0.1, -0.05) is 0 Å². The van der Waals surface area contributed by atoms with E-state index in [0.717, 1.165) is 27.1 Å². The van der Waals surface area contributed by atoms with Crippen LogP contribution in [-0.2, 0) is 11.8 Å². The molecular formula is C17H18N4O2S. The zero-order valence-corrected chi connectivity index (χ0v) is 14.3. The molecule has 2 atom stereocenters. The molecule has 2 aromatic heterocycles. The van der Waals surface area contributed by atoms with Crippen LogP contribution in [-0.4, -0.2) is 33.3 Å². The largest absolute Gasteiger partial charge is 0.489 e. The van der Waals surface area contributed by atoms with Gasteiger partial charge >= 0.3 is 0 Å². The van der Waals surface area contributed by atoms with E-state index in [4.69, 9.17) is 4.74 Å². The van der Waals surface area contributed by atoms with Crippen LogP contribution in [0, 0.1) is 5.92 Å². The molecule has 3 aromatic rings. The van der Waals surface area contributed by atoms with Crippen LogP contribution in [0.25, 0.3) is 21.3 Å². The van der Waals surface area contributed by atoms with Crippen LogP contribution >= 0.6 is 11.3 Å². The SMILES string of the molecule is C[C@@H](Oc1cc(-c2cnn(C)c2)cc2ncsc12)[C@H]1CNC(=O)C1. The standard InChI is InChI=1S/C17H18N4O2S/c1-10(12-5-16(22)18-6-12)23-15-4-11(13-7-20-21(2)8-13)3-14-17(15)24-9-19-14/h3-4,7-10,12H,5-6H2,1-2H3,(H,18,22)/t10-,12-/m1/s1. The van der Waals surface area contributed by atoms with Crippen LogP contribution in [0.2, 0.25) is 0 Å². The molecule has 1 N–H and O–H groups in total. The number of amides is 1. The summed E-state index contributed by atoms with van der Waals surface area (Å²) in [5, 5.41) is 7.10. The summed E-state index contributed by atoms with van der Waals surface area (Å²) in [4.78, 5) is 15.9. The number of hydrogen-bond acceptors (Lipinski definition) is 5. The fourth-order valence-corrected chi connectivity index (χ4v) is 3.75. The number of thiazole rings is 1. The van der Waals surface area contributed by atoms with E-state index in [-0.39, 0.29) is 17.9 Å². The zero-order valence-electron chi connectivity index (χ0n) is 13.5. The Bertz CT molecular complexity index is 901. The van der Waals surface area contributed by atoms with Crippen molar-refractivity contribution in [3.05, 3.63) is 30.0 Å². The van der Waals surface area contributed by atoms with Gasteiger partial charge < -0.3 is 10.1 Å². The number of ether oxygens (including phenoxy) is 1. The molecule has 1 aromatic carbocycles. The van der Waals surface area contributed by atoms with Gasteiger partial charge in [-0.25, -0.2) is 4.98 Å². The van der Waals surface area contributed by atoms with Gasteiger partial charge in [-0.3, -0.25) is 9.48 Å². The third kappa shape index (κ3) is 2.75. The number of carbonyl (C=O) groups excluding carboxylic acids is 1.